The van der Waals surface area contributed by atoms with Gasteiger partial charge >= 0.3 is 0 Å². The van der Waals surface area contributed by atoms with E-state index in [0.717, 1.165) is 32.1 Å². The fraction of sp³-hybridized carbons (Fsp3) is 0.625. The monoisotopic (exact) mass is 443 g/mol. The van der Waals surface area contributed by atoms with Gasteiger partial charge in [0, 0.05) is 6.54 Å². The summed E-state index contributed by atoms with van der Waals surface area (Å²) in [6, 6.07) is 8.82. The molecular formula is C24H34ClN5O. The van der Waals surface area contributed by atoms with Gasteiger partial charge in [-0.2, -0.15) is 5.10 Å². The van der Waals surface area contributed by atoms with E-state index in [2.05, 4.69) is 70.3 Å². The predicted octanol–water partition coefficient (Wildman–Crippen LogP) is 3.72. The van der Waals surface area contributed by atoms with Gasteiger partial charge in [0.15, 0.2) is 0 Å². The Balaban J connectivity index is 0.00000231. The maximum atomic E-state index is 13.6. The highest BCUT2D eigenvalue weighted by molar-refractivity contribution is 5.85. The largest absolute Gasteiger partial charge is 0.354 e. The molecule has 4 aliphatic rings. The van der Waals surface area contributed by atoms with Crippen molar-refractivity contribution in [3.63, 3.8) is 0 Å². The lowest BCUT2D eigenvalue weighted by Crippen LogP contribution is -2.61. The van der Waals surface area contributed by atoms with Crippen LogP contribution in [0, 0.1) is 24.2 Å². The summed E-state index contributed by atoms with van der Waals surface area (Å²) in [7, 11) is 4.17. The van der Waals surface area contributed by atoms with Gasteiger partial charge < -0.3 is 10.2 Å². The molecule has 0 spiro atoms. The van der Waals surface area contributed by atoms with Gasteiger partial charge in [-0.3, -0.25) is 4.79 Å². The maximum Gasteiger partial charge on any atom is 0.226 e. The molecule has 0 aliphatic heterocycles. The first-order valence-electron chi connectivity index (χ1n) is 11.3. The van der Waals surface area contributed by atoms with E-state index in [-0.39, 0.29) is 35.3 Å². The summed E-state index contributed by atoms with van der Waals surface area (Å²) in [5, 5.41) is 7.88. The number of nitrogens with one attached hydrogen (secondary N) is 1. The van der Waals surface area contributed by atoms with Crippen molar-refractivity contribution in [1.29, 1.82) is 0 Å². The molecular weight excluding hydrogens is 410 g/mol. The minimum absolute atomic E-state index is 0. The van der Waals surface area contributed by atoms with Gasteiger partial charge in [-0.15, -0.1) is 12.4 Å². The normalized spacial score (nSPS) is 32.0. The van der Waals surface area contributed by atoms with Crippen LogP contribution in [-0.4, -0.2) is 46.2 Å². The van der Waals surface area contributed by atoms with Crippen LogP contribution in [0.4, 0.5) is 0 Å². The lowest BCUT2D eigenvalue weighted by molar-refractivity contribution is -0.156. The molecule has 0 saturated heterocycles. The number of aryl methyl sites for hydroxylation is 1. The van der Waals surface area contributed by atoms with Crippen molar-refractivity contribution in [3.05, 3.63) is 48.0 Å². The topological polar surface area (TPSA) is 63.1 Å². The molecule has 0 radical (unpaired) electrons. The van der Waals surface area contributed by atoms with Gasteiger partial charge in [-0.05, 0) is 76.9 Å². The highest BCUT2D eigenvalue weighted by Gasteiger charge is 2.61. The van der Waals surface area contributed by atoms with Crippen LogP contribution in [-0.2, 0) is 10.3 Å². The molecule has 1 amide bonds. The summed E-state index contributed by atoms with van der Waals surface area (Å²) in [6.45, 7) is 2.75. The summed E-state index contributed by atoms with van der Waals surface area (Å²) < 4.78 is 2.07. The molecule has 4 saturated carbocycles. The summed E-state index contributed by atoms with van der Waals surface area (Å²) in [5.41, 5.74) is 2.23. The van der Waals surface area contributed by atoms with Crippen LogP contribution in [0.3, 0.4) is 0 Å². The highest BCUT2D eigenvalue weighted by Crippen LogP contribution is 2.64. The van der Waals surface area contributed by atoms with Gasteiger partial charge in [0.2, 0.25) is 5.91 Å². The second-order valence-electron chi connectivity index (χ2n) is 10.4. The number of hydrogen-bond donors (Lipinski definition) is 1. The number of benzene rings is 1. The summed E-state index contributed by atoms with van der Waals surface area (Å²) in [5.74, 6) is 1.51. The van der Waals surface area contributed by atoms with Gasteiger partial charge in [0.25, 0.3) is 0 Å². The molecule has 1 aromatic carbocycles. The molecule has 1 N–H and O–H groups in total. The van der Waals surface area contributed by atoms with E-state index >= 15 is 0 Å². The second-order valence-corrected chi connectivity index (χ2v) is 10.4. The first kappa shape index (κ1) is 22.3. The van der Waals surface area contributed by atoms with E-state index in [1.165, 1.54) is 17.5 Å². The molecule has 6 rings (SSSR count). The molecule has 31 heavy (non-hydrogen) atoms. The first-order chi connectivity index (χ1) is 14.4. The molecule has 4 aliphatic carbocycles. The SMILES string of the molecule is Cc1ccc(C(CNC(=O)C23CC4CC(C2)CC(n2cncn2)(C4)C3)N(C)C)cc1.Cl. The van der Waals surface area contributed by atoms with E-state index in [9.17, 15) is 4.79 Å². The van der Waals surface area contributed by atoms with Gasteiger partial charge in [-0.25, -0.2) is 9.67 Å². The minimum atomic E-state index is -0.250. The lowest BCUT2D eigenvalue weighted by atomic mass is 9.46. The molecule has 3 atom stereocenters. The lowest BCUT2D eigenvalue weighted by Gasteiger charge is -2.60. The van der Waals surface area contributed by atoms with E-state index in [0.29, 0.717) is 18.4 Å². The van der Waals surface area contributed by atoms with E-state index in [1.54, 1.807) is 6.33 Å². The third-order valence-corrected chi connectivity index (χ3v) is 7.96. The molecule has 168 valence electrons. The zero-order valence-electron chi connectivity index (χ0n) is 18.8. The Labute approximate surface area is 191 Å². The van der Waals surface area contributed by atoms with Crippen LogP contribution in [0.25, 0.3) is 0 Å². The van der Waals surface area contributed by atoms with Crippen molar-refractivity contribution >= 4 is 18.3 Å². The third-order valence-electron chi connectivity index (χ3n) is 7.96. The van der Waals surface area contributed by atoms with E-state index < -0.39 is 0 Å². The standard InChI is InChI=1S/C24H33N5O.ClH/c1-17-4-6-20(7-5-17)21(28(2)3)13-26-22(30)23-9-18-8-19(10-23)12-24(11-18,14-23)29-16-25-15-27-29;/h4-7,15-16,18-19,21H,8-14H2,1-3H3,(H,26,30);1H. The Morgan fingerprint density at radius 3 is 2.45 bits per heavy atom. The van der Waals surface area contributed by atoms with Gasteiger partial charge in [0.05, 0.1) is 17.0 Å². The fourth-order valence-electron chi connectivity index (χ4n) is 6.97. The van der Waals surface area contributed by atoms with E-state index in [1.807, 2.05) is 6.33 Å². The average molecular weight is 444 g/mol. The van der Waals surface area contributed by atoms with Crippen LogP contribution in [0.1, 0.15) is 55.7 Å². The number of amides is 1. The molecule has 1 heterocycles. The second kappa shape index (κ2) is 8.21. The number of likely N-dealkylation sites (N-methyl/N-ethyl adjacent to an activating group) is 1. The summed E-state index contributed by atoms with van der Waals surface area (Å²) in [6.07, 6.45) is 10.0. The van der Waals surface area contributed by atoms with Crippen molar-refractivity contribution < 1.29 is 4.79 Å². The zero-order chi connectivity index (χ0) is 20.9. The van der Waals surface area contributed by atoms with Crippen molar-refractivity contribution in [3.8, 4) is 0 Å². The van der Waals surface area contributed by atoms with Gasteiger partial charge in [-0.1, -0.05) is 29.8 Å². The number of aromatic nitrogens is 3. The molecule has 2 aromatic rings. The zero-order valence-corrected chi connectivity index (χ0v) is 19.6. The Bertz CT molecular complexity index is 897. The number of carbonyl (C=O) groups is 1. The smallest absolute Gasteiger partial charge is 0.226 e. The maximum absolute atomic E-state index is 13.6. The van der Waals surface area contributed by atoms with Crippen molar-refractivity contribution in [2.75, 3.05) is 20.6 Å². The van der Waals surface area contributed by atoms with Gasteiger partial charge in [0.1, 0.15) is 12.7 Å². The van der Waals surface area contributed by atoms with Crippen LogP contribution in [0.2, 0.25) is 0 Å². The number of rotatable bonds is 6. The fourth-order valence-corrected chi connectivity index (χ4v) is 6.97. The predicted molar refractivity (Wildman–Crippen MR) is 123 cm³/mol. The summed E-state index contributed by atoms with van der Waals surface area (Å²) in [4.78, 5) is 20.1. The van der Waals surface area contributed by atoms with Crippen molar-refractivity contribution in [2.24, 2.45) is 17.3 Å². The highest BCUT2D eigenvalue weighted by atomic mass is 35.5. The Morgan fingerprint density at radius 1 is 1.19 bits per heavy atom. The Hall–Kier alpha value is -1.92. The Morgan fingerprint density at radius 2 is 1.87 bits per heavy atom. The summed E-state index contributed by atoms with van der Waals surface area (Å²) >= 11 is 0. The third kappa shape index (κ3) is 3.89. The van der Waals surface area contributed by atoms with Crippen molar-refractivity contribution in [2.45, 2.75) is 57.0 Å². The molecule has 1 aromatic heterocycles. The molecule has 6 nitrogen and oxygen atoms in total. The van der Waals surface area contributed by atoms with E-state index in [4.69, 9.17) is 0 Å². The molecule has 4 fully saturated rings. The van der Waals surface area contributed by atoms with Crippen LogP contribution < -0.4 is 5.32 Å². The number of hydrogen-bond acceptors (Lipinski definition) is 4. The van der Waals surface area contributed by atoms with Crippen LogP contribution >= 0.6 is 12.4 Å². The number of halogens is 1. The average Bonchev–Trinajstić information content (AvgIpc) is 3.24. The number of carbonyl (C=O) groups excluding carboxylic acids is 1. The molecule has 7 heteroatoms. The van der Waals surface area contributed by atoms with Crippen LogP contribution in [0.5, 0.6) is 0 Å². The quantitative estimate of drug-likeness (QED) is 0.739. The van der Waals surface area contributed by atoms with Crippen molar-refractivity contribution in [1.82, 2.24) is 25.0 Å². The first-order valence-corrected chi connectivity index (χ1v) is 11.3. The molecule has 4 bridgehead atoms. The molecule has 3 unspecified atom stereocenters. The number of nitrogens with zero attached hydrogens (tertiary/aromatic N) is 4. The van der Waals surface area contributed by atoms with Crippen LogP contribution in [0.15, 0.2) is 36.9 Å². The minimum Gasteiger partial charge on any atom is -0.354 e. The Kier molecular flexibility index (Phi) is 5.90.